The molecule has 0 saturated carbocycles. The summed E-state index contributed by atoms with van der Waals surface area (Å²) < 4.78 is 5.64. The van der Waals surface area contributed by atoms with Crippen LogP contribution in [0.3, 0.4) is 0 Å². The van der Waals surface area contributed by atoms with Gasteiger partial charge in [0.15, 0.2) is 0 Å². The van der Waals surface area contributed by atoms with Crippen molar-refractivity contribution in [2.45, 2.75) is 77.1 Å². The zero-order chi connectivity index (χ0) is 16.5. The maximum absolute atomic E-state index is 5.64. The van der Waals surface area contributed by atoms with Gasteiger partial charge in [0.2, 0.25) is 0 Å². The summed E-state index contributed by atoms with van der Waals surface area (Å²) in [4.78, 5) is 0. The van der Waals surface area contributed by atoms with Crippen molar-refractivity contribution in [2.24, 2.45) is 0 Å². The van der Waals surface area contributed by atoms with Gasteiger partial charge in [0.05, 0.1) is 0 Å². The number of terminal acetylenes is 2. The van der Waals surface area contributed by atoms with Crippen LogP contribution in [-0.4, -0.2) is 20.8 Å². The van der Waals surface area contributed by atoms with Gasteiger partial charge in [0.25, 0.3) is 0 Å². The molecule has 2 heteroatoms. The second kappa shape index (κ2) is 9.73. The molecule has 0 bridgehead atoms. The smallest absolute Gasteiger partial charge is 0.146 e. The Hall–Kier alpha value is -1.14. The molecule has 0 aromatic carbocycles. The summed E-state index contributed by atoms with van der Waals surface area (Å²) in [7, 11) is -1.71. The van der Waals surface area contributed by atoms with Crippen LogP contribution in [0.4, 0.5) is 0 Å². The SMILES string of the molecule is C#CCCC(C#C[Si](C(C)C)(C(C)C)C(C)C)OCC#C. The van der Waals surface area contributed by atoms with E-state index < -0.39 is 8.07 Å². The van der Waals surface area contributed by atoms with E-state index in [1.54, 1.807) is 0 Å². The lowest BCUT2D eigenvalue weighted by Gasteiger charge is -2.38. The van der Waals surface area contributed by atoms with Crippen LogP contribution in [0.15, 0.2) is 0 Å². The van der Waals surface area contributed by atoms with E-state index in [-0.39, 0.29) is 6.10 Å². The van der Waals surface area contributed by atoms with Crippen LogP contribution in [0, 0.1) is 36.2 Å². The van der Waals surface area contributed by atoms with Crippen LogP contribution in [0.5, 0.6) is 0 Å². The largest absolute Gasteiger partial charge is 0.353 e. The molecule has 0 heterocycles. The molecule has 1 atom stereocenters. The van der Waals surface area contributed by atoms with E-state index >= 15 is 0 Å². The highest BCUT2D eigenvalue weighted by Crippen LogP contribution is 2.40. The first-order chi connectivity index (χ1) is 9.82. The van der Waals surface area contributed by atoms with E-state index in [4.69, 9.17) is 17.6 Å². The van der Waals surface area contributed by atoms with Gasteiger partial charge in [-0.25, -0.2) is 0 Å². The van der Waals surface area contributed by atoms with Crippen LogP contribution < -0.4 is 0 Å². The summed E-state index contributed by atoms with van der Waals surface area (Å²) in [6, 6.07) is 0. The second-order valence-electron chi connectivity index (χ2n) is 6.41. The summed E-state index contributed by atoms with van der Waals surface area (Å²) in [6.07, 6.45) is 11.9. The zero-order valence-electron chi connectivity index (χ0n) is 14.5. The fourth-order valence-electron chi connectivity index (χ4n) is 3.20. The fourth-order valence-corrected chi connectivity index (χ4v) is 8.48. The van der Waals surface area contributed by atoms with Crippen LogP contribution in [-0.2, 0) is 4.74 Å². The summed E-state index contributed by atoms with van der Waals surface area (Å²) in [5.41, 5.74) is 5.53. The molecule has 1 nitrogen and oxygen atoms in total. The molecule has 0 fully saturated rings. The molecule has 0 N–H and O–H groups in total. The Balaban J connectivity index is 5.38. The van der Waals surface area contributed by atoms with Crippen molar-refractivity contribution < 1.29 is 4.74 Å². The first kappa shape index (κ1) is 19.9. The maximum atomic E-state index is 5.64. The Kier molecular flexibility index (Phi) is 9.20. The predicted octanol–water partition coefficient (Wildman–Crippen LogP) is 4.64. The maximum Gasteiger partial charge on any atom is 0.146 e. The van der Waals surface area contributed by atoms with Gasteiger partial charge < -0.3 is 4.74 Å². The number of rotatable bonds is 7. The lowest BCUT2D eigenvalue weighted by molar-refractivity contribution is 0.115. The second-order valence-corrected chi connectivity index (χ2v) is 12.0. The van der Waals surface area contributed by atoms with Crippen LogP contribution in [0.2, 0.25) is 16.6 Å². The lowest BCUT2D eigenvalue weighted by Crippen LogP contribution is -2.43. The van der Waals surface area contributed by atoms with Crippen LogP contribution in [0.25, 0.3) is 0 Å². The molecule has 0 rings (SSSR count). The minimum atomic E-state index is -1.71. The minimum Gasteiger partial charge on any atom is -0.353 e. The Labute approximate surface area is 133 Å². The normalized spacial score (nSPS) is 12.7. The molecule has 0 aromatic heterocycles. The Morgan fingerprint density at radius 1 is 0.905 bits per heavy atom. The first-order valence-electron chi connectivity index (χ1n) is 7.84. The number of hydrogen-bond donors (Lipinski definition) is 0. The Morgan fingerprint density at radius 3 is 1.81 bits per heavy atom. The summed E-state index contributed by atoms with van der Waals surface area (Å²) in [6.45, 7) is 14.1. The predicted molar refractivity (Wildman–Crippen MR) is 95.5 cm³/mol. The van der Waals surface area contributed by atoms with Crippen molar-refractivity contribution >= 4 is 8.07 Å². The monoisotopic (exact) mass is 302 g/mol. The highest BCUT2D eigenvalue weighted by molar-refractivity contribution is 6.90. The van der Waals surface area contributed by atoms with E-state index in [2.05, 4.69) is 64.8 Å². The third-order valence-electron chi connectivity index (χ3n) is 4.23. The van der Waals surface area contributed by atoms with E-state index in [1.807, 2.05) is 0 Å². The number of ether oxygens (including phenoxy) is 1. The third kappa shape index (κ3) is 5.63. The van der Waals surface area contributed by atoms with Crippen LogP contribution in [0.1, 0.15) is 54.4 Å². The van der Waals surface area contributed by atoms with E-state index in [0.29, 0.717) is 29.7 Å². The summed E-state index contributed by atoms with van der Waals surface area (Å²) >= 11 is 0. The van der Waals surface area contributed by atoms with Gasteiger partial charge >= 0.3 is 0 Å². The lowest BCUT2D eigenvalue weighted by atomic mass is 10.2. The van der Waals surface area contributed by atoms with Gasteiger partial charge in [-0.3, -0.25) is 0 Å². The molecular formula is C19H30OSi. The molecule has 0 aliphatic carbocycles. The van der Waals surface area contributed by atoms with Gasteiger partial charge in [-0.05, 0) is 23.0 Å². The van der Waals surface area contributed by atoms with Crippen molar-refractivity contribution in [3.05, 3.63) is 0 Å². The highest BCUT2D eigenvalue weighted by atomic mass is 28.3. The average molecular weight is 303 g/mol. The van der Waals surface area contributed by atoms with E-state index in [1.165, 1.54) is 0 Å². The molecule has 0 saturated heterocycles. The highest BCUT2D eigenvalue weighted by Gasteiger charge is 2.41. The summed E-state index contributed by atoms with van der Waals surface area (Å²) in [5.74, 6) is 8.53. The van der Waals surface area contributed by atoms with Gasteiger partial charge in [-0.2, -0.15) is 0 Å². The van der Waals surface area contributed by atoms with Crippen molar-refractivity contribution in [1.29, 1.82) is 0 Å². The third-order valence-corrected chi connectivity index (χ3v) is 10.5. The van der Waals surface area contributed by atoms with Gasteiger partial charge in [0.1, 0.15) is 20.8 Å². The zero-order valence-corrected chi connectivity index (χ0v) is 15.5. The van der Waals surface area contributed by atoms with Crippen molar-refractivity contribution in [1.82, 2.24) is 0 Å². The fraction of sp³-hybridized carbons (Fsp3) is 0.684. The van der Waals surface area contributed by atoms with Crippen molar-refractivity contribution in [3.8, 4) is 36.2 Å². The standard InChI is InChI=1S/C19H30OSi/c1-9-11-12-19(20-14-10-2)13-15-21(16(3)4,17(5)6)18(7)8/h1-2,16-19H,11-12,14H2,3-8H3. The molecule has 0 aromatic rings. The molecule has 1 unspecified atom stereocenters. The Morgan fingerprint density at radius 2 is 1.43 bits per heavy atom. The van der Waals surface area contributed by atoms with E-state index in [9.17, 15) is 0 Å². The molecule has 21 heavy (non-hydrogen) atoms. The van der Waals surface area contributed by atoms with Gasteiger partial charge in [0, 0.05) is 6.42 Å². The molecule has 0 radical (unpaired) electrons. The Bertz CT molecular complexity index is 397. The summed E-state index contributed by atoms with van der Waals surface area (Å²) in [5, 5.41) is 0. The topological polar surface area (TPSA) is 9.23 Å². The molecule has 116 valence electrons. The minimum absolute atomic E-state index is 0.139. The van der Waals surface area contributed by atoms with Gasteiger partial charge in [-0.1, -0.05) is 53.4 Å². The molecule has 0 aliphatic heterocycles. The molecule has 0 spiro atoms. The molecule has 0 aliphatic rings. The van der Waals surface area contributed by atoms with Gasteiger partial charge in [-0.15, -0.1) is 24.3 Å². The van der Waals surface area contributed by atoms with Crippen molar-refractivity contribution in [2.75, 3.05) is 6.61 Å². The van der Waals surface area contributed by atoms with E-state index in [0.717, 1.165) is 6.42 Å². The molecular weight excluding hydrogens is 272 g/mol. The first-order valence-corrected chi connectivity index (χ1v) is 10.1. The quantitative estimate of drug-likeness (QED) is 0.492. The average Bonchev–Trinajstić information content (AvgIpc) is 2.40. The molecule has 0 amide bonds. The van der Waals surface area contributed by atoms with Crippen molar-refractivity contribution in [3.63, 3.8) is 0 Å². The van der Waals surface area contributed by atoms with Crippen LogP contribution >= 0.6 is 0 Å². The number of hydrogen-bond acceptors (Lipinski definition) is 1.